The average Bonchev–Trinajstić information content (AvgIpc) is 2.47. The zero-order chi connectivity index (χ0) is 11.0. The standard InChI is InChI=1S/C9H8BrClN4/c1-5-9(10)6(2)15(14-5)8-4-3-7(11)12-13-8/h3-4H,1-2H3. The lowest BCUT2D eigenvalue weighted by Gasteiger charge is -2.01. The highest BCUT2D eigenvalue weighted by molar-refractivity contribution is 9.10. The second-order valence-electron chi connectivity index (χ2n) is 3.11. The van der Waals surface area contributed by atoms with Gasteiger partial charge in [-0.2, -0.15) is 5.10 Å². The van der Waals surface area contributed by atoms with Crippen LogP contribution in [0.2, 0.25) is 5.15 Å². The van der Waals surface area contributed by atoms with Crippen LogP contribution in [0.5, 0.6) is 0 Å². The van der Waals surface area contributed by atoms with Crippen LogP contribution in [0.3, 0.4) is 0 Å². The van der Waals surface area contributed by atoms with Gasteiger partial charge in [0.1, 0.15) is 0 Å². The molecule has 2 aromatic rings. The lowest BCUT2D eigenvalue weighted by Crippen LogP contribution is -2.02. The maximum absolute atomic E-state index is 5.66. The SMILES string of the molecule is Cc1nn(-c2ccc(Cl)nn2)c(C)c1Br. The average molecular weight is 288 g/mol. The van der Waals surface area contributed by atoms with Gasteiger partial charge in [0.25, 0.3) is 0 Å². The molecule has 4 nitrogen and oxygen atoms in total. The summed E-state index contributed by atoms with van der Waals surface area (Å²) in [6.45, 7) is 3.89. The number of aryl methyl sites for hydroxylation is 1. The van der Waals surface area contributed by atoms with Crippen molar-refractivity contribution >= 4 is 27.5 Å². The van der Waals surface area contributed by atoms with Gasteiger partial charge >= 0.3 is 0 Å². The quantitative estimate of drug-likeness (QED) is 0.810. The van der Waals surface area contributed by atoms with Crippen LogP contribution in [-0.4, -0.2) is 20.0 Å². The Morgan fingerprint density at radius 1 is 1.27 bits per heavy atom. The van der Waals surface area contributed by atoms with Crippen molar-refractivity contribution < 1.29 is 0 Å². The van der Waals surface area contributed by atoms with E-state index in [1.54, 1.807) is 16.8 Å². The highest BCUT2D eigenvalue weighted by atomic mass is 79.9. The zero-order valence-electron chi connectivity index (χ0n) is 8.20. The molecule has 15 heavy (non-hydrogen) atoms. The monoisotopic (exact) mass is 286 g/mol. The van der Waals surface area contributed by atoms with E-state index in [0.717, 1.165) is 15.9 Å². The number of aromatic nitrogens is 4. The van der Waals surface area contributed by atoms with Gasteiger partial charge in [-0.15, -0.1) is 10.2 Å². The van der Waals surface area contributed by atoms with Gasteiger partial charge in [-0.25, -0.2) is 4.68 Å². The summed E-state index contributed by atoms with van der Waals surface area (Å²) in [4.78, 5) is 0. The van der Waals surface area contributed by atoms with E-state index in [0.29, 0.717) is 11.0 Å². The van der Waals surface area contributed by atoms with Gasteiger partial charge in [-0.05, 0) is 41.9 Å². The Bertz CT molecular complexity index is 492. The van der Waals surface area contributed by atoms with Gasteiger partial charge in [0, 0.05) is 0 Å². The number of rotatable bonds is 1. The molecule has 0 spiro atoms. The van der Waals surface area contributed by atoms with E-state index in [9.17, 15) is 0 Å². The van der Waals surface area contributed by atoms with Crippen LogP contribution in [-0.2, 0) is 0 Å². The van der Waals surface area contributed by atoms with E-state index in [-0.39, 0.29) is 0 Å². The van der Waals surface area contributed by atoms with E-state index in [1.807, 2.05) is 13.8 Å². The number of hydrogen-bond donors (Lipinski definition) is 0. The first-order chi connectivity index (χ1) is 7.09. The number of halogens is 2. The van der Waals surface area contributed by atoms with Crippen molar-refractivity contribution in [2.24, 2.45) is 0 Å². The lowest BCUT2D eigenvalue weighted by molar-refractivity contribution is 0.781. The fraction of sp³-hybridized carbons (Fsp3) is 0.222. The summed E-state index contributed by atoms with van der Waals surface area (Å²) in [5, 5.41) is 12.4. The lowest BCUT2D eigenvalue weighted by atomic mass is 10.4. The Hall–Kier alpha value is -0.940. The van der Waals surface area contributed by atoms with Crippen LogP contribution in [0.15, 0.2) is 16.6 Å². The number of hydrogen-bond acceptors (Lipinski definition) is 3. The molecular weight excluding hydrogens is 279 g/mol. The second-order valence-corrected chi connectivity index (χ2v) is 4.29. The van der Waals surface area contributed by atoms with Gasteiger partial charge < -0.3 is 0 Å². The predicted octanol–water partition coefficient (Wildman–Crippen LogP) is 2.70. The predicted molar refractivity (Wildman–Crippen MR) is 61.3 cm³/mol. The molecule has 0 radical (unpaired) electrons. The Morgan fingerprint density at radius 3 is 2.47 bits per heavy atom. The van der Waals surface area contributed by atoms with Gasteiger partial charge in [-0.1, -0.05) is 11.6 Å². The van der Waals surface area contributed by atoms with Crippen molar-refractivity contribution in [1.29, 1.82) is 0 Å². The third-order valence-corrected chi connectivity index (χ3v) is 3.39. The summed E-state index contributed by atoms with van der Waals surface area (Å²) in [5.41, 5.74) is 1.91. The molecule has 0 fully saturated rings. The summed E-state index contributed by atoms with van der Waals surface area (Å²) in [5.74, 6) is 0.658. The molecule has 0 atom stereocenters. The Morgan fingerprint density at radius 2 is 2.00 bits per heavy atom. The zero-order valence-corrected chi connectivity index (χ0v) is 10.5. The summed E-state index contributed by atoms with van der Waals surface area (Å²) >= 11 is 9.12. The highest BCUT2D eigenvalue weighted by Gasteiger charge is 2.11. The van der Waals surface area contributed by atoms with Crippen LogP contribution >= 0.6 is 27.5 Å². The van der Waals surface area contributed by atoms with E-state index >= 15 is 0 Å². The van der Waals surface area contributed by atoms with Crippen LogP contribution < -0.4 is 0 Å². The fourth-order valence-electron chi connectivity index (χ4n) is 1.27. The molecule has 2 heterocycles. The molecule has 78 valence electrons. The largest absolute Gasteiger partial charge is 0.216 e. The molecule has 0 saturated heterocycles. The van der Waals surface area contributed by atoms with Gasteiger partial charge in [0.15, 0.2) is 11.0 Å². The van der Waals surface area contributed by atoms with Crippen LogP contribution in [0.4, 0.5) is 0 Å². The fourth-order valence-corrected chi connectivity index (χ4v) is 1.62. The van der Waals surface area contributed by atoms with E-state index in [1.165, 1.54) is 0 Å². The smallest absolute Gasteiger partial charge is 0.176 e. The van der Waals surface area contributed by atoms with Crippen LogP contribution in [0.1, 0.15) is 11.4 Å². The molecule has 0 unspecified atom stereocenters. The van der Waals surface area contributed by atoms with E-state index in [4.69, 9.17) is 11.6 Å². The first-order valence-corrected chi connectivity index (χ1v) is 5.48. The summed E-state index contributed by atoms with van der Waals surface area (Å²) in [6.07, 6.45) is 0. The molecule has 0 aromatic carbocycles. The minimum Gasteiger partial charge on any atom is -0.216 e. The molecule has 0 bridgehead atoms. The van der Waals surface area contributed by atoms with Crippen molar-refractivity contribution in [3.05, 3.63) is 33.1 Å². The van der Waals surface area contributed by atoms with E-state index in [2.05, 4.69) is 31.2 Å². The summed E-state index contributed by atoms with van der Waals surface area (Å²) in [6, 6.07) is 3.47. The normalized spacial score (nSPS) is 10.7. The van der Waals surface area contributed by atoms with Crippen LogP contribution in [0, 0.1) is 13.8 Å². The molecule has 0 N–H and O–H groups in total. The van der Waals surface area contributed by atoms with Gasteiger partial charge in [0.2, 0.25) is 0 Å². The third-order valence-electron chi connectivity index (χ3n) is 2.04. The van der Waals surface area contributed by atoms with E-state index < -0.39 is 0 Å². The van der Waals surface area contributed by atoms with Crippen molar-refractivity contribution in [1.82, 2.24) is 20.0 Å². The molecule has 0 aliphatic heterocycles. The summed E-state index contributed by atoms with van der Waals surface area (Å²) in [7, 11) is 0. The molecule has 0 aliphatic carbocycles. The molecule has 2 rings (SSSR count). The Balaban J connectivity index is 2.54. The highest BCUT2D eigenvalue weighted by Crippen LogP contribution is 2.21. The first kappa shape index (κ1) is 10.6. The Labute approximate surface area is 100 Å². The molecule has 6 heteroatoms. The minimum atomic E-state index is 0.374. The van der Waals surface area contributed by atoms with Gasteiger partial charge in [0.05, 0.1) is 15.9 Å². The maximum Gasteiger partial charge on any atom is 0.176 e. The Kier molecular flexibility index (Phi) is 2.75. The second kappa shape index (κ2) is 3.90. The van der Waals surface area contributed by atoms with Crippen molar-refractivity contribution in [3.8, 4) is 5.82 Å². The van der Waals surface area contributed by atoms with Crippen molar-refractivity contribution in [3.63, 3.8) is 0 Å². The first-order valence-electron chi connectivity index (χ1n) is 4.31. The van der Waals surface area contributed by atoms with Crippen LogP contribution in [0.25, 0.3) is 5.82 Å². The van der Waals surface area contributed by atoms with Gasteiger partial charge in [-0.3, -0.25) is 0 Å². The topological polar surface area (TPSA) is 43.6 Å². The molecule has 2 aromatic heterocycles. The van der Waals surface area contributed by atoms with Crippen molar-refractivity contribution in [2.45, 2.75) is 13.8 Å². The molecule has 0 aliphatic rings. The maximum atomic E-state index is 5.66. The number of nitrogens with zero attached hydrogens (tertiary/aromatic N) is 4. The minimum absolute atomic E-state index is 0.374. The molecular formula is C9H8BrClN4. The third kappa shape index (κ3) is 1.89. The molecule has 0 amide bonds. The summed E-state index contributed by atoms with van der Waals surface area (Å²) < 4.78 is 2.71. The van der Waals surface area contributed by atoms with Crippen molar-refractivity contribution in [2.75, 3.05) is 0 Å². The molecule has 0 saturated carbocycles.